The number of hydrogen-bond acceptors (Lipinski definition) is 7. The van der Waals surface area contributed by atoms with E-state index in [0.29, 0.717) is 28.5 Å². The van der Waals surface area contributed by atoms with E-state index in [1.807, 2.05) is 6.92 Å². The fraction of sp³-hybridized carbons (Fsp3) is 0.0500. The maximum Gasteiger partial charge on any atom is 0.335 e. The Bertz CT molecular complexity index is 1250. The van der Waals surface area contributed by atoms with Crippen LogP contribution in [0.3, 0.4) is 0 Å². The van der Waals surface area contributed by atoms with Crippen LogP contribution in [-0.4, -0.2) is 42.5 Å². The average molecular weight is 404 g/mol. The van der Waals surface area contributed by atoms with Gasteiger partial charge in [0.1, 0.15) is 0 Å². The lowest BCUT2D eigenvalue weighted by Gasteiger charge is -2.14. The first-order valence-electron chi connectivity index (χ1n) is 8.84. The predicted octanol–water partition coefficient (Wildman–Crippen LogP) is 3.54. The van der Waals surface area contributed by atoms with Crippen LogP contribution in [-0.2, 0) is 0 Å². The first-order valence-corrected chi connectivity index (χ1v) is 8.84. The zero-order chi connectivity index (χ0) is 21.3. The Kier molecular flexibility index (Phi) is 4.72. The highest BCUT2D eigenvalue weighted by atomic mass is 16.4. The summed E-state index contributed by atoms with van der Waals surface area (Å²) in [6.07, 6.45) is 0. The van der Waals surface area contributed by atoms with Crippen LogP contribution in [0.4, 0.5) is 22.9 Å². The smallest absolute Gasteiger partial charge is 0.335 e. The second-order valence-corrected chi connectivity index (χ2v) is 6.49. The van der Waals surface area contributed by atoms with Crippen LogP contribution in [0.1, 0.15) is 26.4 Å². The van der Waals surface area contributed by atoms with Crippen molar-refractivity contribution in [3.8, 4) is 0 Å². The van der Waals surface area contributed by atoms with Crippen molar-refractivity contribution in [2.75, 3.05) is 10.6 Å². The topological polar surface area (TPSA) is 153 Å². The molecule has 0 amide bonds. The van der Waals surface area contributed by atoms with Gasteiger partial charge in [-0.25, -0.2) is 9.59 Å². The van der Waals surface area contributed by atoms with Crippen molar-refractivity contribution in [3.05, 3.63) is 65.4 Å². The van der Waals surface area contributed by atoms with Gasteiger partial charge in [-0.1, -0.05) is 0 Å². The van der Waals surface area contributed by atoms with Crippen molar-refractivity contribution in [3.63, 3.8) is 0 Å². The van der Waals surface area contributed by atoms with Gasteiger partial charge in [0.25, 0.3) is 0 Å². The van der Waals surface area contributed by atoms with Gasteiger partial charge in [-0.2, -0.15) is 5.10 Å². The third kappa shape index (κ3) is 3.61. The highest BCUT2D eigenvalue weighted by molar-refractivity contribution is 5.99. The molecule has 0 aliphatic heterocycles. The summed E-state index contributed by atoms with van der Waals surface area (Å²) in [6, 6.07) is 12.5. The number of rotatable bonds is 6. The third-order valence-electron chi connectivity index (χ3n) is 4.46. The van der Waals surface area contributed by atoms with Gasteiger partial charge in [0, 0.05) is 17.1 Å². The lowest BCUT2D eigenvalue weighted by Crippen LogP contribution is -2.04. The van der Waals surface area contributed by atoms with E-state index in [-0.39, 0.29) is 11.1 Å². The second-order valence-electron chi connectivity index (χ2n) is 6.49. The molecular weight excluding hydrogens is 388 g/mol. The first-order chi connectivity index (χ1) is 14.4. The number of benzene rings is 2. The number of aromatic carboxylic acids is 2. The fourth-order valence-corrected chi connectivity index (χ4v) is 2.94. The van der Waals surface area contributed by atoms with Crippen molar-refractivity contribution < 1.29 is 19.8 Å². The molecule has 0 saturated heterocycles. The molecule has 0 fully saturated rings. The van der Waals surface area contributed by atoms with Gasteiger partial charge in [0.15, 0.2) is 5.82 Å². The van der Waals surface area contributed by atoms with Crippen molar-refractivity contribution in [1.29, 1.82) is 0 Å². The number of carboxylic acid groups (broad SMARTS) is 2. The normalized spacial score (nSPS) is 10.7. The number of carboxylic acids is 2. The first kappa shape index (κ1) is 18.9. The van der Waals surface area contributed by atoms with Crippen LogP contribution in [0, 0.1) is 6.92 Å². The summed E-state index contributed by atoms with van der Waals surface area (Å²) in [7, 11) is 0. The summed E-state index contributed by atoms with van der Waals surface area (Å²) in [6.45, 7) is 1.85. The number of nitrogens with one attached hydrogen (secondary N) is 3. The molecule has 4 aromatic rings. The molecule has 0 aliphatic carbocycles. The maximum absolute atomic E-state index is 11.1. The van der Waals surface area contributed by atoms with Crippen LogP contribution >= 0.6 is 0 Å². The van der Waals surface area contributed by atoms with Gasteiger partial charge in [-0.3, -0.25) is 5.10 Å². The second kappa shape index (κ2) is 7.51. The van der Waals surface area contributed by atoms with Crippen LogP contribution in [0.25, 0.3) is 11.0 Å². The number of anilines is 4. The van der Waals surface area contributed by atoms with Crippen molar-refractivity contribution in [2.45, 2.75) is 6.92 Å². The molecule has 10 heteroatoms. The minimum Gasteiger partial charge on any atom is -0.478 e. The third-order valence-corrected chi connectivity index (χ3v) is 4.46. The quantitative estimate of drug-likeness (QED) is 0.325. The highest BCUT2D eigenvalue weighted by Gasteiger charge is 2.16. The molecular formula is C20H16N6O4. The van der Waals surface area contributed by atoms with Crippen LogP contribution < -0.4 is 10.6 Å². The summed E-state index contributed by atoms with van der Waals surface area (Å²) in [4.78, 5) is 22.1. The number of nitrogens with zero attached hydrogens (tertiary/aromatic N) is 3. The zero-order valence-electron chi connectivity index (χ0n) is 15.7. The van der Waals surface area contributed by atoms with E-state index in [0.717, 1.165) is 11.1 Å². The Hall–Kier alpha value is -4.47. The van der Waals surface area contributed by atoms with Crippen molar-refractivity contribution in [2.24, 2.45) is 0 Å². The Morgan fingerprint density at radius 3 is 1.90 bits per heavy atom. The highest BCUT2D eigenvalue weighted by Crippen LogP contribution is 2.33. The summed E-state index contributed by atoms with van der Waals surface area (Å²) in [5.74, 6) is -1.62. The Morgan fingerprint density at radius 1 is 0.833 bits per heavy atom. The minimum atomic E-state index is -1.01. The molecule has 5 N–H and O–H groups in total. The summed E-state index contributed by atoms with van der Waals surface area (Å²) in [5, 5.41) is 40.5. The van der Waals surface area contributed by atoms with Gasteiger partial charge >= 0.3 is 11.9 Å². The predicted molar refractivity (Wildman–Crippen MR) is 110 cm³/mol. The van der Waals surface area contributed by atoms with E-state index < -0.39 is 11.9 Å². The maximum atomic E-state index is 11.1. The van der Waals surface area contributed by atoms with E-state index >= 15 is 0 Å². The van der Waals surface area contributed by atoms with E-state index in [4.69, 9.17) is 10.2 Å². The lowest BCUT2D eigenvalue weighted by atomic mass is 10.2. The monoisotopic (exact) mass is 404 g/mol. The number of aromatic nitrogens is 4. The molecule has 2 aromatic heterocycles. The number of fused-ring (bicyclic) bond motifs is 1. The summed E-state index contributed by atoms with van der Waals surface area (Å²) < 4.78 is 0. The zero-order valence-corrected chi connectivity index (χ0v) is 15.7. The van der Waals surface area contributed by atoms with Gasteiger partial charge in [0.2, 0.25) is 5.65 Å². The van der Waals surface area contributed by atoms with Gasteiger partial charge in [0.05, 0.1) is 22.2 Å². The van der Waals surface area contributed by atoms with Crippen molar-refractivity contribution in [1.82, 2.24) is 20.4 Å². The Labute approximate surface area is 169 Å². The molecule has 30 heavy (non-hydrogen) atoms. The number of aryl methyl sites for hydroxylation is 1. The Balaban J connectivity index is 1.73. The molecule has 0 unspecified atom stereocenters. The molecule has 0 aliphatic rings. The van der Waals surface area contributed by atoms with Gasteiger partial charge in [-0.15, -0.1) is 10.2 Å². The number of hydrogen-bond donors (Lipinski definition) is 5. The van der Waals surface area contributed by atoms with Crippen LogP contribution in [0.2, 0.25) is 0 Å². The largest absolute Gasteiger partial charge is 0.478 e. The molecule has 0 spiro atoms. The minimum absolute atomic E-state index is 0.171. The van der Waals surface area contributed by atoms with Gasteiger partial charge < -0.3 is 20.8 Å². The molecule has 2 aromatic carbocycles. The SMILES string of the molecule is Cc1[nH]nc2nnc(Nc3ccc(C(=O)O)cc3)c(Nc3ccc(C(=O)O)cc3)c12. The van der Waals surface area contributed by atoms with E-state index in [1.165, 1.54) is 24.3 Å². The Morgan fingerprint density at radius 2 is 1.37 bits per heavy atom. The van der Waals surface area contributed by atoms with Crippen LogP contribution in [0.15, 0.2) is 48.5 Å². The summed E-state index contributed by atoms with van der Waals surface area (Å²) in [5.41, 5.74) is 3.41. The molecule has 2 heterocycles. The molecule has 0 saturated carbocycles. The van der Waals surface area contributed by atoms with E-state index in [2.05, 4.69) is 31.0 Å². The van der Waals surface area contributed by atoms with Gasteiger partial charge in [-0.05, 0) is 55.5 Å². The number of H-pyrrole nitrogens is 1. The average Bonchev–Trinajstić information content (AvgIpc) is 3.11. The fourth-order valence-electron chi connectivity index (χ4n) is 2.94. The van der Waals surface area contributed by atoms with E-state index in [1.54, 1.807) is 24.3 Å². The van der Waals surface area contributed by atoms with Crippen molar-refractivity contribution >= 4 is 45.9 Å². The molecule has 0 bridgehead atoms. The number of aromatic amines is 1. The standard InChI is InChI=1S/C20H16N6O4/c1-10-15-16(21-13-6-2-11(3-7-13)19(27)28)18(26-25-17(15)24-23-10)22-14-8-4-12(5-9-14)20(29)30/h2-9H,1H3,(H,22,26)(H,27,28)(H,29,30)(H2,21,23,24,25). The lowest BCUT2D eigenvalue weighted by molar-refractivity contribution is 0.0686. The molecule has 0 atom stereocenters. The summed E-state index contributed by atoms with van der Waals surface area (Å²) >= 11 is 0. The molecule has 0 radical (unpaired) electrons. The number of carbonyl (C=O) groups is 2. The molecule has 150 valence electrons. The molecule has 4 rings (SSSR count). The molecule has 10 nitrogen and oxygen atoms in total. The van der Waals surface area contributed by atoms with Crippen LogP contribution in [0.5, 0.6) is 0 Å². The van der Waals surface area contributed by atoms with E-state index in [9.17, 15) is 9.59 Å².